The maximum atomic E-state index is 13.8. The third-order valence-corrected chi connectivity index (χ3v) is 4.01. The Morgan fingerprint density at radius 3 is 2.71 bits per heavy atom. The molecule has 0 saturated heterocycles. The number of rotatable bonds is 3. The van der Waals surface area contributed by atoms with Crippen molar-refractivity contribution in [3.05, 3.63) is 55.9 Å². The highest BCUT2D eigenvalue weighted by Crippen LogP contribution is 2.29. The molecule has 2 rings (SSSR count). The smallest absolute Gasteiger partial charge is 0.128 e. The fraction of sp³-hybridized carbons (Fsp3) is 0.231. The molecule has 0 amide bonds. The van der Waals surface area contributed by atoms with Crippen molar-refractivity contribution in [3.8, 4) is 0 Å². The maximum Gasteiger partial charge on any atom is 0.128 e. The Morgan fingerprint density at radius 2 is 2.12 bits per heavy atom. The summed E-state index contributed by atoms with van der Waals surface area (Å²) in [6, 6.07) is 7.01. The minimum atomic E-state index is -0.184. The lowest BCUT2D eigenvalue weighted by molar-refractivity contribution is 0.576. The van der Waals surface area contributed by atoms with Crippen LogP contribution in [0.1, 0.15) is 22.0 Å². The van der Waals surface area contributed by atoms with E-state index in [1.54, 1.807) is 17.4 Å². The van der Waals surface area contributed by atoms with Crippen LogP contribution in [0.3, 0.4) is 0 Å². The van der Waals surface area contributed by atoms with Gasteiger partial charge >= 0.3 is 0 Å². The van der Waals surface area contributed by atoms with Crippen molar-refractivity contribution >= 4 is 27.3 Å². The van der Waals surface area contributed by atoms with Gasteiger partial charge in [-0.1, -0.05) is 15.9 Å². The summed E-state index contributed by atoms with van der Waals surface area (Å²) in [5.41, 5.74) is 1.77. The molecule has 2 aromatic rings. The van der Waals surface area contributed by atoms with E-state index in [1.165, 1.54) is 10.9 Å². The molecule has 17 heavy (non-hydrogen) atoms. The summed E-state index contributed by atoms with van der Waals surface area (Å²) in [7, 11) is 1.85. The molecular weight excluding hydrogens is 301 g/mol. The van der Waals surface area contributed by atoms with Gasteiger partial charge in [-0.25, -0.2) is 4.39 Å². The first kappa shape index (κ1) is 12.7. The molecule has 0 bridgehead atoms. The first-order chi connectivity index (χ1) is 8.11. The SMILES string of the molecule is CNC(c1csc(C)c1)c1cc(Br)ccc1F. The number of thiophene rings is 1. The van der Waals surface area contributed by atoms with Gasteiger partial charge in [0.2, 0.25) is 0 Å². The molecule has 0 aliphatic rings. The van der Waals surface area contributed by atoms with E-state index in [4.69, 9.17) is 0 Å². The number of aryl methyl sites for hydroxylation is 1. The van der Waals surface area contributed by atoms with Crippen molar-refractivity contribution in [2.45, 2.75) is 13.0 Å². The van der Waals surface area contributed by atoms with Gasteiger partial charge in [-0.15, -0.1) is 11.3 Å². The highest BCUT2D eigenvalue weighted by atomic mass is 79.9. The lowest BCUT2D eigenvalue weighted by Gasteiger charge is -2.16. The van der Waals surface area contributed by atoms with Crippen molar-refractivity contribution in [2.75, 3.05) is 7.05 Å². The first-order valence-corrected chi connectivity index (χ1v) is 6.96. The van der Waals surface area contributed by atoms with Crippen LogP contribution in [0, 0.1) is 12.7 Å². The second kappa shape index (κ2) is 5.29. The third-order valence-electron chi connectivity index (χ3n) is 2.64. The van der Waals surface area contributed by atoms with E-state index in [-0.39, 0.29) is 11.9 Å². The Labute approximate surface area is 113 Å². The number of hydrogen-bond donors (Lipinski definition) is 1. The molecule has 0 fully saturated rings. The highest BCUT2D eigenvalue weighted by Gasteiger charge is 2.17. The van der Waals surface area contributed by atoms with Crippen LogP contribution in [0.15, 0.2) is 34.1 Å². The van der Waals surface area contributed by atoms with Crippen molar-refractivity contribution < 1.29 is 4.39 Å². The lowest BCUT2D eigenvalue weighted by atomic mass is 10.0. The summed E-state index contributed by atoms with van der Waals surface area (Å²) in [6.45, 7) is 2.05. The Kier molecular flexibility index (Phi) is 3.97. The van der Waals surface area contributed by atoms with E-state index in [0.717, 1.165) is 10.0 Å². The lowest BCUT2D eigenvalue weighted by Crippen LogP contribution is -2.18. The largest absolute Gasteiger partial charge is 0.309 e. The maximum absolute atomic E-state index is 13.8. The van der Waals surface area contributed by atoms with E-state index in [0.29, 0.717) is 5.56 Å². The predicted molar refractivity (Wildman–Crippen MR) is 74.1 cm³/mol. The number of nitrogens with one attached hydrogen (secondary N) is 1. The minimum Gasteiger partial charge on any atom is -0.309 e. The molecule has 1 nitrogen and oxygen atoms in total. The summed E-state index contributed by atoms with van der Waals surface area (Å²) in [4.78, 5) is 1.23. The van der Waals surface area contributed by atoms with Gasteiger partial charge in [-0.2, -0.15) is 0 Å². The van der Waals surface area contributed by atoms with Gasteiger partial charge in [0.1, 0.15) is 5.82 Å². The van der Waals surface area contributed by atoms with Gasteiger partial charge in [0.05, 0.1) is 6.04 Å². The van der Waals surface area contributed by atoms with Crippen LogP contribution < -0.4 is 5.32 Å². The molecule has 90 valence electrons. The zero-order chi connectivity index (χ0) is 12.4. The monoisotopic (exact) mass is 313 g/mol. The van der Waals surface area contributed by atoms with Crippen LogP contribution in [0.5, 0.6) is 0 Å². The van der Waals surface area contributed by atoms with Crippen molar-refractivity contribution in [3.63, 3.8) is 0 Å². The molecule has 0 aliphatic heterocycles. The highest BCUT2D eigenvalue weighted by molar-refractivity contribution is 9.10. The van der Waals surface area contributed by atoms with Crippen LogP contribution in [-0.4, -0.2) is 7.05 Å². The molecule has 1 heterocycles. The molecule has 0 aliphatic carbocycles. The van der Waals surface area contributed by atoms with Crippen LogP contribution in [-0.2, 0) is 0 Å². The van der Waals surface area contributed by atoms with Crippen molar-refractivity contribution in [1.29, 1.82) is 0 Å². The second-order valence-corrected chi connectivity index (χ2v) is 5.91. The predicted octanol–water partition coefficient (Wildman–Crippen LogP) is 4.27. The van der Waals surface area contributed by atoms with Crippen LogP contribution in [0.25, 0.3) is 0 Å². The number of halogens is 2. The van der Waals surface area contributed by atoms with Gasteiger partial charge in [0, 0.05) is 14.9 Å². The Hall–Kier alpha value is -0.710. The van der Waals surface area contributed by atoms with E-state index in [1.807, 2.05) is 13.1 Å². The van der Waals surface area contributed by atoms with Gasteiger partial charge < -0.3 is 5.32 Å². The topological polar surface area (TPSA) is 12.0 Å². The van der Waals surface area contributed by atoms with Crippen molar-refractivity contribution in [1.82, 2.24) is 5.32 Å². The Balaban J connectivity index is 2.45. The summed E-state index contributed by atoms with van der Waals surface area (Å²) < 4.78 is 14.7. The fourth-order valence-electron chi connectivity index (χ4n) is 1.85. The minimum absolute atomic E-state index is 0.0996. The second-order valence-electron chi connectivity index (χ2n) is 3.88. The normalized spacial score (nSPS) is 12.7. The number of hydrogen-bond acceptors (Lipinski definition) is 2. The Bertz CT molecular complexity index is 524. The molecule has 1 atom stereocenters. The molecular formula is C13H13BrFNS. The van der Waals surface area contributed by atoms with E-state index in [9.17, 15) is 4.39 Å². The van der Waals surface area contributed by atoms with Crippen LogP contribution in [0.2, 0.25) is 0 Å². The van der Waals surface area contributed by atoms with E-state index < -0.39 is 0 Å². The average Bonchev–Trinajstić information content (AvgIpc) is 2.71. The number of benzene rings is 1. The first-order valence-electron chi connectivity index (χ1n) is 5.29. The summed E-state index contributed by atoms with van der Waals surface area (Å²) in [5, 5.41) is 5.23. The van der Waals surface area contributed by atoms with E-state index >= 15 is 0 Å². The third kappa shape index (κ3) is 2.76. The molecule has 1 aromatic carbocycles. The van der Waals surface area contributed by atoms with Crippen LogP contribution >= 0.6 is 27.3 Å². The molecule has 1 unspecified atom stereocenters. The zero-order valence-corrected chi connectivity index (χ0v) is 12.0. The van der Waals surface area contributed by atoms with Crippen molar-refractivity contribution in [2.24, 2.45) is 0 Å². The molecule has 0 spiro atoms. The van der Waals surface area contributed by atoms with Gasteiger partial charge in [0.15, 0.2) is 0 Å². The van der Waals surface area contributed by atoms with Gasteiger partial charge in [-0.05, 0) is 49.2 Å². The van der Waals surface area contributed by atoms with Gasteiger partial charge in [0.25, 0.3) is 0 Å². The summed E-state index contributed by atoms with van der Waals surface area (Å²) >= 11 is 5.06. The van der Waals surface area contributed by atoms with Crippen LogP contribution in [0.4, 0.5) is 4.39 Å². The molecule has 0 saturated carbocycles. The molecule has 4 heteroatoms. The zero-order valence-electron chi connectivity index (χ0n) is 9.63. The standard InChI is InChI=1S/C13H13BrFNS/c1-8-5-9(7-17-8)13(16-2)11-6-10(14)3-4-12(11)15/h3-7,13,16H,1-2H3. The average molecular weight is 314 g/mol. The molecule has 0 radical (unpaired) electrons. The Morgan fingerprint density at radius 1 is 1.35 bits per heavy atom. The molecule has 1 N–H and O–H groups in total. The quantitative estimate of drug-likeness (QED) is 0.892. The summed E-state index contributed by atoms with van der Waals surface area (Å²) in [6.07, 6.45) is 0. The fourth-order valence-corrected chi connectivity index (χ4v) is 2.96. The summed E-state index contributed by atoms with van der Waals surface area (Å²) in [5.74, 6) is -0.184. The molecule has 1 aromatic heterocycles. The van der Waals surface area contributed by atoms with Gasteiger partial charge in [-0.3, -0.25) is 0 Å². The van der Waals surface area contributed by atoms with E-state index in [2.05, 4.69) is 39.6 Å².